The van der Waals surface area contributed by atoms with E-state index in [-0.39, 0.29) is 34.0 Å². The number of aromatic nitrogens is 8. The van der Waals surface area contributed by atoms with Gasteiger partial charge in [-0.2, -0.15) is 0 Å². The normalized spacial score (nSPS) is 38.3. The van der Waals surface area contributed by atoms with Crippen LogP contribution >= 0.6 is 25.8 Å². The zero-order valence-electron chi connectivity index (χ0n) is 22.0. The van der Waals surface area contributed by atoms with Crippen LogP contribution in [0.25, 0.3) is 22.3 Å². The van der Waals surface area contributed by atoms with Crippen molar-refractivity contribution in [3.05, 3.63) is 25.3 Å². The van der Waals surface area contributed by atoms with E-state index in [0.717, 1.165) is 0 Å². The third-order valence-corrected chi connectivity index (χ3v) is 10.4. The molecular formula is C20H23FN10O9P2S2. The molecule has 7 rings (SSSR count). The molecule has 0 amide bonds. The Kier molecular flexibility index (Phi) is 7.63. The fourth-order valence-electron chi connectivity index (χ4n) is 5.19. The largest absolute Gasteiger partial charge is 0.387 e. The summed E-state index contributed by atoms with van der Waals surface area (Å²) in [4.78, 5) is 35.4. The van der Waals surface area contributed by atoms with Gasteiger partial charge in [-0.1, -0.05) is 12.2 Å². The van der Waals surface area contributed by atoms with Gasteiger partial charge in [0.2, 0.25) is 0 Å². The predicted molar refractivity (Wildman–Crippen MR) is 153 cm³/mol. The third kappa shape index (κ3) is 5.27. The highest BCUT2D eigenvalue weighted by Gasteiger charge is 2.53. The molecule has 19 nitrogen and oxygen atoms in total. The number of nitrogens with two attached hydrogens (primary N) is 2. The average molecular weight is 693 g/mol. The van der Waals surface area contributed by atoms with E-state index in [0.29, 0.717) is 0 Å². The Bertz CT molecular complexity index is 1840. The molecule has 0 spiro atoms. The monoisotopic (exact) mass is 692 g/mol. The first-order valence-electron chi connectivity index (χ1n) is 12.7. The molecule has 236 valence electrons. The molecular weight excluding hydrogens is 669 g/mol. The lowest BCUT2D eigenvalue weighted by Gasteiger charge is -2.27. The summed E-state index contributed by atoms with van der Waals surface area (Å²) in [6, 6.07) is 0. The number of hydrogen-bond donors (Lipinski definition) is 5. The minimum Gasteiger partial charge on any atom is -0.387 e. The van der Waals surface area contributed by atoms with Crippen LogP contribution in [-0.2, 0) is 43.9 Å². The minimum atomic E-state index is -4.35. The number of nitrogen functional groups attached to an aromatic ring is 2. The summed E-state index contributed by atoms with van der Waals surface area (Å²) < 4.78 is 66.1. The number of hydrogen-bond acceptors (Lipinski definition) is 17. The zero-order chi connectivity index (χ0) is 31.0. The summed E-state index contributed by atoms with van der Waals surface area (Å²) in [6.07, 6.45) is -6.71. The number of anilines is 2. The van der Waals surface area contributed by atoms with Crippen molar-refractivity contribution in [3.8, 4) is 0 Å². The molecule has 4 aromatic heterocycles. The zero-order valence-corrected chi connectivity index (χ0v) is 25.5. The van der Waals surface area contributed by atoms with Gasteiger partial charge in [0, 0.05) is 0 Å². The maximum atomic E-state index is 16.0. The summed E-state index contributed by atoms with van der Waals surface area (Å²) in [5.74, 6) is 0.151. The molecule has 10 atom stereocenters. The Morgan fingerprint density at radius 3 is 2.09 bits per heavy atom. The molecule has 0 aromatic carbocycles. The highest BCUT2D eigenvalue weighted by atomic mass is 32.7. The molecule has 6 N–H and O–H groups in total. The van der Waals surface area contributed by atoms with Crippen LogP contribution in [0.3, 0.4) is 0 Å². The van der Waals surface area contributed by atoms with E-state index >= 15 is 4.39 Å². The van der Waals surface area contributed by atoms with Gasteiger partial charge in [0.25, 0.3) is 0 Å². The second kappa shape index (κ2) is 11.1. The number of imidazole rings is 2. The highest BCUT2D eigenvalue weighted by molar-refractivity contribution is 8.44. The number of rotatable bonds is 2. The maximum Gasteiger partial charge on any atom is 0.386 e. The molecule has 0 saturated carbocycles. The van der Waals surface area contributed by atoms with E-state index in [1.807, 2.05) is 0 Å². The second-order valence-electron chi connectivity index (χ2n) is 9.90. The Morgan fingerprint density at radius 1 is 0.886 bits per heavy atom. The fourth-order valence-corrected chi connectivity index (χ4v) is 8.08. The van der Waals surface area contributed by atoms with Gasteiger partial charge in [0.05, 0.1) is 25.9 Å². The summed E-state index contributed by atoms with van der Waals surface area (Å²) in [7, 11) is 0. The molecule has 4 aromatic rings. The summed E-state index contributed by atoms with van der Waals surface area (Å²) in [5.41, 5.74) is 12.6. The quantitative estimate of drug-likeness (QED) is 0.141. The standard InChI is InChI=1S/C20H23FN10O9P2S2/c21-9-13-8(38-19(9)30-5-28-10-15(22)24-3-26-17(10)30)2-36-42(34,44)40-14-12(32)7(1-35-41(33,43)39-13)37-20(14)31-6-29-11-16(23)25-4-27-18(11)31/h3-9,12-14,19-20,32H,1-2H2,(H,33,43)(H,34,44)(H2,22,24,26)(H2,23,25,27)/t7-,8-,9?,12+,13+,14?,19-,20-,41?,42?/m1/s1. The lowest BCUT2D eigenvalue weighted by molar-refractivity contribution is -0.0587. The third-order valence-electron chi connectivity index (χ3n) is 7.22. The van der Waals surface area contributed by atoms with E-state index in [9.17, 15) is 14.6 Å². The van der Waals surface area contributed by atoms with Crippen molar-refractivity contribution in [1.29, 1.82) is 0 Å². The van der Waals surface area contributed by atoms with Crippen molar-refractivity contribution < 1.29 is 46.5 Å². The van der Waals surface area contributed by atoms with Crippen LogP contribution in [0.2, 0.25) is 0 Å². The summed E-state index contributed by atoms with van der Waals surface area (Å²) >= 11 is 9.26. The molecule has 3 fully saturated rings. The number of halogens is 1. The molecule has 3 saturated heterocycles. The van der Waals surface area contributed by atoms with Gasteiger partial charge >= 0.3 is 13.5 Å². The number of ether oxygens (including phenoxy) is 2. The number of aliphatic hydroxyl groups is 1. The summed E-state index contributed by atoms with van der Waals surface area (Å²) in [6.45, 7) is -9.72. The van der Waals surface area contributed by atoms with Crippen LogP contribution in [0.5, 0.6) is 0 Å². The van der Waals surface area contributed by atoms with Gasteiger partial charge in [-0.05, 0) is 11.8 Å². The number of alkyl halides is 1. The maximum absolute atomic E-state index is 16.0. The van der Waals surface area contributed by atoms with Gasteiger partial charge in [0.15, 0.2) is 41.6 Å². The van der Waals surface area contributed by atoms with Crippen LogP contribution in [0.1, 0.15) is 12.5 Å². The Morgan fingerprint density at radius 2 is 1.45 bits per heavy atom. The molecule has 4 unspecified atom stereocenters. The second-order valence-corrected chi connectivity index (χ2v) is 15.6. The van der Waals surface area contributed by atoms with Crippen molar-refractivity contribution >= 4 is 71.5 Å². The lowest BCUT2D eigenvalue weighted by atomic mass is 10.1. The topological polar surface area (TPSA) is 252 Å². The molecule has 3 aliphatic heterocycles. The number of aliphatic hydroxyl groups excluding tert-OH is 1. The van der Waals surface area contributed by atoms with Gasteiger partial charge in [-0.3, -0.25) is 22.7 Å². The minimum absolute atomic E-state index is 0.0626. The van der Waals surface area contributed by atoms with E-state index in [4.69, 9.17) is 50.8 Å². The van der Waals surface area contributed by atoms with Crippen molar-refractivity contribution in [2.45, 2.75) is 49.1 Å². The van der Waals surface area contributed by atoms with Gasteiger partial charge in [0.1, 0.15) is 54.2 Å². The molecule has 44 heavy (non-hydrogen) atoms. The molecule has 24 heteroatoms. The first-order chi connectivity index (χ1) is 20.9. The number of nitrogens with zero attached hydrogens (tertiary/aromatic N) is 8. The summed E-state index contributed by atoms with van der Waals surface area (Å²) in [5, 5.41) is 11.1. The first-order valence-corrected chi connectivity index (χ1v) is 18.0. The molecule has 2 bridgehead atoms. The molecule has 0 aliphatic carbocycles. The lowest BCUT2D eigenvalue weighted by Crippen LogP contribution is -2.35. The number of fused-ring (bicyclic) bond motifs is 5. The van der Waals surface area contributed by atoms with Crippen LogP contribution in [0, 0.1) is 0 Å². The van der Waals surface area contributed by atoms with Crippen LogP contribution in [0.15, 0.2) is 25.3 Å². The number of thiol groups is 1. The van der Waals surface area contributed by atoms with Gasteiger partial charge < -0.3 is 35.5 Å². The Labute approximate surface area is 256 Å². The van der Waals surface area contributed by atoms with Gasteiger partial charge in [-0.25, -0.2) is 38.9 Å². The average Bonchev–Trinajstić information content (AvgIpc) is 3.73. The van der Waals surface area contributed by atoms with Crippen molar-refractivity contribution in [3.63, 3.8) is 0 Å². The molecule has 7 heterocycles. The van der Waals surface area contributed by atoms with Crippen molar-refractivity contribution in [1.82, 2.24) is 39.0 Å². The predicted octanol–water partition coefficient (Wildman–Crippen LogP) is 0.396. The SMILES string of the molecule is Nc1ncnc2c1ncn2[C@@H]1O[C@@H]2COP(=O)(S)O[C@@H]3C(F)[C@H](n4cnc5c(N)ncnc54)O[C@@H]3COP(O)(=S)OC1[C@H]2O. The van der Waals surface area contributed by atoms with Crippen LogP contribution in [0.4, 0.5) is 16.0 Å². The smallest absolute Gasteiger partial charge is 0.386 e. The van der Waals surface area contributed by atoms with Crippen LogP contribution in [-0.4, -0.2) is 98.9 Å². The van der Waals surface area contributed by atoms with E-state index < -0.39 is 75.9 Å². The van der Waals surface area contributed by atoms with Crippen LogP contribution < -0.4 is 11.5 Å². The first kappa shape index (κ1) is 30.2. The van der Waals surface area contributed by atoms with Crippen molar-refractivity contribution in [2.75, 3.05) is 24.7 Å². The van der Waals surface area contributed by atoms with Gasteiger partial charge in [-0.15, -0.1) is 0 Å². The molecule has 0 radical (unpaired) electrons. The van der Waals surface area contributed by atoms with E-state index in [1.165, 1.54) is 34.4 Å². The fraction of sp³-hybridized carbons (Fsp3) is 0.500. The highest BCUT2D eigenvalue weighted by Crippen LogP contribution is 2.58. The Balaban J connectivity index is 1.20. The van der Waals surface area contributed by atoms with Crippen molar-refractivity contribution in [2.24, 2.45) is 0 Å². The molecule has 3 aliphatic rings. The van der Waals surface area contributed by atoms with E-state index in [1.54, 1.807) is 0 Å². The van der Waals surface area contributed by atoms with E-state index in [2.05, 4.69) is 42.2 Å². The Hall–Kier alpha value is -2.46.